The number of amides is 1. The van der Waals surface area contributed by atoms with E-state index in [9.17, 15) is 22.4 Å². The molecule has 0 fully saturated rings. The molecular weight excluding hydrogens is 330 g/mol. The van der Waals surface area contributed by atoms with Crippen molar-refractivity contribution in [3.05, 3.63) is 53.3 Å². The zero-order valence-corrected chi connectivity index (χ0v) is 12.7. The SMILES string of the molecule is COc1ccc(OC)c(NC(=O)c2ccc(F)cc2C(F)(F)F)c1. The van der Waals surface area contributed by atoms with Crippen molar-refractivity contribution in [3.63, 3.8) is 0 Å². The van der Waals surface area contributed by atoms with Crippen LogP contribution < -0.4 is 14.8 Å². The van der Waals surface area contributed by atoms with Crippen molar-refractivity contribution >= 4 is 11.6 Å². The van der Waals surface area contributed by atoms with Crippen LogP contribution in [-0.4, -0.2) is 20.1 Å². The topological polar surface area (TPSA) is 47.6 Å². The first-order chi connectivity index (χ1) is 11.3. The molecule has 2 aromatic rings. The van der Waals surface area contributed by atoms with Gasteiger partial charge in [0.2, 0.25) is 0 Å². The zero-order chi connectivity index (χ0) is 17.9. The van der Waals surface area contributed by atoms with Crippen LogP contribution in [0.4, 0.5) is 23.2 Å². The third kappa shape index (κ3) is 3.76. The van der Waals surface area contributed by atoms with Gasteiger partial charge in [-0.2, -0.15) is 13.2 Å². The summed E-state index contributed by atoms with van der Waals surface area (Å²) in [7, 11) is 2.74. The number of benzene rings is 2. The average molecular weight is 343 g/mol. The van der Waals surface area contributed by atoms with E-state index in [2.05, 4.69) is 5.32 Å². The van der Waals surface area contributed by atoms with Crippen molar-refractivity contribution in [1.29, 1.82) is 0 Å². The van der Waals surface area contributed by atoms with Gasteiger partial charge in [-0.1, -0.05) is 0 Å². The number of carbonyl (C=O) groups excluding carboxylic acids is 1. The maximum Gasteiger partial charge on any atom is 0.417 e. The number of halogens is 4. The molecule has 1 N–H and O–H groups in total. The van der Waals surface area contributed by atoms with Gasteiger partial charge < -0.3 is 14.8 Å². The molecule has 0 aliphatic heterocycles. The smallest absolute Gasteiger partial charge is 0.417 e. The predicted molar refractivity (Wildman–Crippen MR) is 78.9 cm³/mol. The van der Waals surface area contributed by atoms with Gasteiger partial charge in [-0.3, -0.25) is 4.79 Å². The van der Waals surface area contributed by atoms with Gasteiger partial charge in [0, 0.05) is 6.07 Å². The molecule has 0 spiro atoms. The first-order valence-corrected chi connectivity index (χ1v) is 6.66. The monoisotopic (exact) mass is 343 g/mol. The number of carbonyl (C=O) groups is 1. The maximum absolute atomic E-state index is 13.1. The maximum atomic E-state index is 13.1. The van der Waals surface area contributed by atoms with Gasteiger partial charge in [0.05, 0.1) is 31.0 Å². The van der Waals surface area contributed by atoms with Gasteiger partial charge in [0.1, 0.15) is 17.3 Å². The fourth-order valence-corrected chi connectivity index (χ4v) is 2.05. The van der Waals surface area contributed by atoms with Crippen LogP contribution in [0.2, 0.25) is 0 Å². The summed E-state index contributed by atoms with van der Waals surface area (Å²) in [5.74, 6) is -1.52. The number of nitrogens with one attached hydrogen (secondary N) is 1. The highest BCUT2D eigenvalue weighted by atomic mass is 19.4. The van der Waals surface area contributed by atoms with Crippen LogP contribution in [0.1, 0.15) is 15.9 Å². The molecule has 1 amide bonds. The third-order valence-corrected chi connectivity index (χ3v) is 3.19. The normalized spacial score (nSPS) is 11.1. The largest absolute Gasteiger partial charge is 0.497 e. The molecule has 24 heavy (non-hydrogen) atoms. The Labute approximate surface area is 135 Å². The Morgan fingerprint density at radius 1 is 1.04 bits per heavy atom. The van der Waals surface area contributed by atoms with Crippen molar-refractivity contribution in [2.45, 2.75) is 6.18 Å². The van der Waals surface area contributed by atoms with Crippen LogP contribution in [0.15, 0.2) is 36.4 Å². The quantitative estimate of drug-likeness (QED) is 0.850. The lowest BCUT2D eigenvalue weighted by Crippen LogP contribution is -2.19. The van der Waals surface area contributed by atoms with Crippen molar-refractivity contribution in [2.24, 2.45) is 0 Å². The standard InChI is InChI=1S/C16H13F4NO3/c1-23-10-4-6-14(24-2)13(8-10)21-15(22)11-5-3-9(17)7-12(11)16(18,19)20/h3-8H,1-2H3,(H,21,22). The first-order valence-electron chi connectivity index (χ1n) is 6.66. The van der Waals surface area contributed by atoms with E-state index < -0.39 is 29.0 Å². The average Bonchev–Trinajstić information content (AvgIpc) is 2.53. The van der Waals surface area contributed by atoms with Crippen LogP contribution in [0.25, 0.3) is 0 Å². The molecule has 0 radical (unpaired) electrons. The fraction of sp³-hybridized carbons (Fsp3) is 0.188. The number of hydrogen-bond acceptors (Lipinski definition) is 3. The number of hydrogen-bond donors (Lipinski definition) is 1. The van der Waals surface area contributed by atoms with E-state index in [4.69, 9.17) is 9.47 Å². The minimum Gasteiger partial charge on any atom is -0.497 e. The Hall–Kier alpha value is -2.77. The van der Waals surface area contributed by atoms with Gasteiger partial charge >= 0.3 is 6.18 Å². The van der Waals surface area contributed by atoms with Gasteiger partial charge in [0.25, 0.3) is 5.91 Å². The molecule has 2 rings (SSSR count). The number of rotatable bonds is 4. The molecule has 0 aliphatic rings. The molecule has 0 unspecified atom stereocenters. The molecule has 128 valence electrons. The molecule has 0 heterocycles. The van der Waals surface area contributed by atoms with E-state index in [1.165, 1.54) is 26.4 Å². The molecule has 0 bridgehead atoms. The van der Waals surface area contributed by atoms with Gasteiger partial charge in [-0.15, -0.1) is 0 Å². The van der Waals surface area contributed by atoms with E-state index in [1.807, 2.05) is 0 Å². The summed E-state index contributed by atoms with van der Waals surface area (Å²) in [6.45, 7) is 0. The first kappa shape index (κ1) is 17.6. The summed E-state index contributed by atoms with van der Waals surface area (Å²) in [6, 6.07) is 6.29. The molecule has 2 aromatic carbocycles. The van der Waals surface area contributed by atoms with Crippen molar-refractivity contribution < 1.29 is 31.8 Å². The Bertz CT molecular complexity index is 759. The van der Waals surface area contributed by atoms with E-state index in [0.29, 0.717) is 5.75 Å². The second-order valence-corrected chi connectivity index (χ2v) is 4.71. The number of ether oxygens (including phenoxy) is 2. The zero-order valence-electron chi connectivity index (χ0n) is 12.7. The predicted octanol–water partition coefficient (Wildman–Crippen LogP) is 4.11. The third-order valence-electron chi connectivity index (χ3n) is 3.19. The number of alkyl halides is 3. The van der Waals surface area contributed by atoms with Gasteiger partial charge in [-0.05, 0) is 30.3 Å². The molecule has 0 atom stereocenters. The minimum absolute atomic E-state index is 0.124. The highest BCUT2D eigenvalue weighted by Gasteiger charge is 2.35. The second-order valence-electron chi connectivity index (χ2n) is 4.71. The van der Waals surface area contributed by atoms with Crippen LogP contribution in [-0.2, 0) is 6.18 Å². The number of methoxy groups -OCH3 is 2. The van der Waals surface area contributed by atoms with Crippen LogP contribution in [0, 0.1) is 5.82 Å². The van der Waals surface area contributed by atoms with Crippen LogP contribution >= 0.6 is 0 Å². The van der Waals surface area contributed by atoms with Crippen LogP contribution in [0.3, 0.4) is 0 Å². The summed E-state index contributed by atoms with van der Waals surface area (Å²) in [5.41, 5.74) is -1.94. The summed E-state index contributed by atoms with van der Waals surface area (Å²) >= 11 is 0. The van der Waals surface area contributed by atoms with Crippen LogP contribution in [0.5, 0.6) is 11.5 Å². The molecule has 4 nitrogen and oxygen atoms in total. The lowest BCUT2D eigenvalue weighted by molar-refractivity contribution is -0.138. The highest BCUT2D eigenvalue weighted by molar-refractivity contribution is 6.06. The fourth-order valence-electron chi connectivity index (χ4n) is 2.05. The van der Waals surface area contributed by atoms with Gasteiger partial charge in [-0.25, -0.2) is 4.39 Å². The molecular formula is C16H13F4NO3. The summed E-state index contributed by atoms with van der Waals surface area (Å²) in [5, 5.41) is 2.32. The Balaban J connectivity index is 2.41. The lowest BCUT2D eigenvalue weighted by atomic mass is 10.1. The second kappa shape index (κ2) is 6.77. The molecule has 0 saturated carbocycles. The Morgan fingerprint density at radius 2 is 1.75 bits per heavy atom. The minimum atomic E-state index is -4.87. The van der Waals surface area contributed by atoms with Crippen molar-refractivity contribution in [2.75, 3.05) is 19.5 Å². The Morgan fingerprint density at radius 3 is 2.33 bits per heavy atom. The van der Waals surface area contributed by atoms with E-state index in [-0.39, 0.29) is 17.5 Å². The van der Waals surface area contributed by atoms with E-state index in [0.717, 1.165) is 12.1 Å². The highest BCUT2D eigenvalue weighted by Crippen LogP contribution is 2.34. The molecule has 8 heteroatoms. The van der Waals surface area contributed by atoms with Gasteiger partial charge in [0.15, 0.2) is 0 Å². The summed E-state index contributed by atoms with van der Waals surface area (Å²) < 4.78 is 62.2. The van der Waals surface area contributed by atoms with Crippen molar-refractivity contribution in [3.8, 4) is 11.5 Å². The molecule has 0 aromatic heterocycles. The number of anilines is 1. The van der Waals surface area contributed by atoms with E-state index in [1.54, 1.807) is 6.07 Å². The molecule has 0 aliphatic carbocycles. The molecule has 0 saturated heterocycles. The summed E-state index contributed by atoms with van der Waals surface area (Å²) in [6.07, 6.45) is -4.87. The summed E-state index contributed by atoms with van der Waals surface area (Å²) in [4.78, 5) is 12.2. The lowest BCUT2D eigenvalue weighted by Gasteiger charge is -2.15. The van der Waals surface area contributed by atoms with Crippen molar-refractivity contribution in [1.82, 2.24) is 0 Å². The Kier molecular flexibility index (Phi) is 4.96. The van der Waals surface area contributed by atoms with E-state index >= 15 is 0 Å².